The molecule has 0 bridgehead atoms. The molecule has 0 aromatic heterocycles. The van der Waals surface area contributed by atoms with Crippen LogP contribution in [0, 0.1) is 0 Å². The van der Waals surface area contributed by atoms with Crippen LogP contribution in [0.25, 0.3) is 0 Å². The van der Waals surface area contributed by atoms with Crippen molar-refractivity contribution >= 4 is 5.97 Å². The second kappa shape index (κ2) is 7.70. The fourth-order valence-corrected chi connectivity index (χ4v) is 2.43. The van der Waals surface area contributed by atoms with Crippen molar-refractivity contribution in [2.24, 2.45) is 0 Å². The van der Waals surface area contributed by atoms with Gasteiger partial charge in [0.05, 0.1) is 12.2 Å². The van der Waals surface area contributed by atoms with Gasteiger partial charge in [-0.2, -0.15) is 0 Å². The summed E-state index contributed by atoms with van der Waals surface area (Å²) in [6.45, 7) is 5.60. The Bertz CT molecular complexity index is 228. The van der Waals surface area contributed by atoms with Crippen LogP contribution in [0.15, 0.2) is 0 Å². The number of carbonyl (C=O) groups is 1. The highest BCUT2D eigenvalue weighted by molar-refractivity contribution is 5.66. The van der Waals surface area contributed by atoms with Gasteiger partial charge in [-0.15, -0.1) is 0 Å². The summed E-state index contributed by atoms with van der Waals surface area (Å²) in [6.07, 6.45) is 8.84. The molecule has 0 N–H and O–H groups in total. The van der Waals surface area contributed by atoms with E-state index >= 15 is 0 Å². The van der Waals surface area contributed by atoms with Gasteiger partial charge < -0.3 is 9.47 Å². The van der Waals surface area contributed by atoms with Crippen molar-refractivity contribution in [2.45, 2.75) is 84.0 Å². The van der Waals surface area contributed by atoms with Crippen molar-refractivity contribution in [2.75, 3.05) is 0 Å². The fourth-order valence-electron chi connectivity index (χ4n) is 2.43. The number of hydrogen-bond acceptors (Lipinski definition) is 3. The minimum atomic E-state index is -0.215. The molecule has 0 aromatic rings. The molecule has 1 saturated heterocycles. The normalized spacial score (nSPS) is 25.8. The lowest BCUT2D eigenvalue weighted by atomic mass is 10.1. The van der Waals surface area contributed by atoms with Crippen LogP contribution in [-0.2, 0) is 14.3 Å². The third-order valence-electron chi connectivity index (χ3n) is 3.40. The maximum Gasteiger partial charge on any atom is 0.302 e. The molecule has 0 amide bonds. The summed E-state index contributed by atoms with van der Waals surface area (Å²) in [4.78, 5) is 10.9. The van der Waals surface area contributed by atoms with E-state index in [1.165, 1.54) is 32.6 Å². The van der Waals surface area contributed by atoms with Gasteiger partial charge in [0.2, 0.25) is 0 Å². The van der Waals surface area contributed by atoms with Crippen molar-refractivity contribution in [1.82, 2.24) is 0 Å². The van der Waals surface area contributed by atoms with E-state index in [0.29, 0.717) is 6.10 Å². The van der Waals surface area contributed by atoms with Crippen molar-refractivity contribution in [1.29, 1.82) is 0 Å². The Labute approximate surface area is 105 Å². The summed E-state index contributed by atoms with van der Waals surface area (Å²) in [7, 11) is 0. The van der Waals surface area contributed by atoms with E-state index in [1.807, 2.05) is 6.92 Å². The molecule has 3 atom stereocenters. The lowest BCUT2D eigenvalue weighted by molar-refractivity contribution is -0.152. The molecule has 3 nitrogen and oxygen atoms in total. The number of rotatable bonds is 7. The van der Waals surface area contributed by atoms with Gasteiger partial charge in [0.25, 0.3) is 0 Å². The van der Waals surface area contributed by atoms with Gasteiger partial charge in [-0.25, -0.2) is 0 Å². The number of carbonyl (C=O) groups excluding carboxylic acids is 1. The highest BCUT2D eigenvalue weighted by Gasteiger charge is 2.30. The second-order valence-electron chi connectivity index (χ2n) is 5.04. The van der Waals surface area contributed by atoms with Gasteiger partial charge in [-0.3, -0.25) is 4.79 Å². The Morgan fingerprint density at radius 1 is 1.35 bits per heavy atom. The Balaban J connectivity index is 2.15. The zero-order valence-corrected chi connectivity index (χ0v) is 11.4. The van der Waals surface area contributed by atoms with Gasteiger partial charge in [-0.05, 0) is 26.2 Å². The first-order chi connectivity index (χ1) is 8.13. The predicted molar refractivity (Wildman–Crippen MR) is 67.9 cm³/mol. The monoisotopic (exact) mass is 242 g/mol. The van der Waals surface area contributed by atoms with E-state index in [-0.39, 0.29) is 18.2 Å². The molecule has 1 fully saturated rings. The van der Waals surface area contributed by atoms with Crippen LogP contribution < -0.4 is 0 Å². The highest BCUT2D eigenvalue weighted by atomic mass is 16.6. The SMILES string of the molecule is CCCCCC[C@@H]1CC[C@H]([C@H](C)OC(C)=O)O1. The average molecular weight is 242 g/mol. The quantitative estimate of drug-likeness (QED) is 0.506. The number of hydrogen-bond donors (Lipinski definition) is 0. The van der Waals surface area contributed by atoms with Crippen molar-refractivity contribution in [3.63, 3.8) is 0 Å². The summed E-state index contributed by atoms with van der Waals surface area (Å²) in [5.74, 6) is -0.215. The first-order valence-corrected chi connectivity index (χ1v) is 6.96. The molecule has 1 aliphatic rings. The largest absolute Gasteiger partial charge is 0.460 e. The molecule has 3 heteroatoms. The molecule has 0 aromatic carbocycles. The molecule has 1 aliphatic heterocycles. The third-order valence-corrected chi connectivity index (χ3v) is 3.40. The van der Waals surface area contributed by atoms with Gasteiger partial charge in [0, 0.05) is 6.92 Å². The van der Waals surface area contributed by atoms with E-state index in [1.54, 1.807) is 0 Å². The Morgan fingerprint density at radius 3 is 2.76 bits per heavy atom. The van der Waals surface area contributed by atoms with E-state index < -0.39 is 0 Å². The van der Waals surface area contributed by atoms with Gasteiger partial charge in [0.1, 0.15) is 6.10 Å². The molecular formula is C14H26O3. The van der Waals surface area contributed by atoms with Crippen molar-refractivity contribution in [3.8, 4) is 0 Å². The summed E-state index contributed by atoms with van der Waals surface area (Å²) in [5, 5.41) is 0. The molecule has 1 heterocycles. The van der Waals surface area contributed by atoms with Crippen LogP contribution >= 0.6 is 0 Å². The van der Waals surface area contributed by atoms with Gasteiger partial charge >= 0.3 is 5.97 Å². The number of ether oxygens (including phenoxy) is 2. The summed E-state index contributed by atoms with van der Waals surface area (Å²) in [5.41, 5.74) is 0. The van der Waals surface area contributed by atoms with Crippen LogP contribution in [0.3, 0.4) is 0 Å². The van der Waals surface area contributed by atoms with E-state index in [9.17, 15) is 4.79 Å². The van der Waals surface area contributed by atoms with Crippen LogP contribution in [0.5, 0.6) is 0 Å². The number of esters is 1. The topological polar surface area (TPSA) is 35.5 Å². The molecule has 1 rings (SSSR count). The summed E-state index contributed by atoms with van der Waals surface area (Å²) < 4.78 is 11.1. The average Bonchev–Trinajstić information content (AvgIpc) is 2.72. The van der Waals surface area contributed by atoms with Crippen LogP contribution in [0.4, 0.5) is 0 Å². The van der Waals surface area contributed by atoms with Crippen LogP contribution in [0.2, 0.25) is 0 Å². The minimum Gasteiger partial charge on any atom is -0.460 e. The van der Waals surface area contributed by atoms with Gasteiger partial charge in [0.15, 0.2) is 0 Å². The zero-order chi connectivity index (χ0) is 12.7. The standard InChI is InChI=1S/C14H26O3/c1-4-5-6-7-8-13-9-10-14(17-13)11(2)16-12(3)15/h11,13-14H,4-10H2,1-3H3/t11-,13+,14+/m0/s1. The lowest BCUT2D eigenvalue weighted by Gasteiger charge is -2.20. The maximum atomic E-state index is 10.9. The highest BCUT2D eigenvalue weighted by Crippen LogP contribution is 2.27. The fraction of sp³-hybridized carbons (Fsp3) is 0.929. The van der Waals surface area contributed by atoms with Crippen LogP contribution in [0.1, 0.15) is 65.7 Å². The molecule has 17 heavy (non-hydrogen) atoms. The first-order valence-electron chi connectivity index (χ1n) is 6.96. The van der Waals surface area contributed by atoms with Gasteiger partial charge in [-0.1, -0.05) is 32.6 Å². The Morgan fingerprint density at radius 2 is 2.12 bits per heavy atom. The van der Waals surface area contributed by atoms with Crippen LogP contribution in [-0.4, -0.2) is 24.3 Å². The molecule has 0 saturated carbocycles. The molecular weight excluding hydrogens is 216 g/mol. The molecule has 0 unspecified atom stereocenters. The molecule has 0 spiro atoms. The van der Waals surface area contributed by atoms with E-state index in [0.717, 1.165) is 19.3 Å². The smallest absolute Gasteiger partial charge is 0.302 e. The maximum absolute atomic E-state index is 10.9. The predicted octanol–water partition coefficient (Wildman–Crippen LogP) is 3.46. The molecule has 0 aliphatic carbocycles. The number of unbranched alkanes of at least 4 members (excludes halogenated alkanes) is 3. The second-order valence-corrected chi connectivity index (χ2v) is 5.04. The van der Waals surface area contributed by atoms with Crippen molar-refractivity contribution < 1.29 is 14.3 Å². The van der Waals surface area contributed by atoms with Crippen molar-refractivity contribution in [3.05, 3.63) is 0 Å². The molecule has 100 valence electrons. The minimum absolute atomic E-state index is 0.104. The Kier molecular flexibility index (Phi) is 6.56. The third kappa shape index (κ3) is 5.53. The molecule has 0 radical (unpaired) electrons. The van der Waals surface area contributed by atoms with E-state index in [2.05, 4.69) is 6.92 Å². The summed E-state index contributed by atoms with van der Waals surface area (Å²) in [6, 6.07) is 0. The summed E-state index contributed by atoms with van der Waals surface area (Å²) >= 11 is 0. The Hall–Kier alpha value is -0.570. The van der Waals surface area contributed by atoms with E-state index in [4.69, 9.17) is 9.47 Å². The zero-order valence-electron chi connectivity index (χ0n) is 11.4. The lowest BCUT2D eigenvalue weighted by Crippen LogP contribution is -2.28. The first kappa shape index (κ1) is 14.5.